The number of nitrogens with zero attached hydrogens (tertiary/aromatic N) is 4. The Morgan fingerprint density at radius 1 is 1.14 bits per heavy atom. The van der Waals surface area contributed by atoms with Crippen LogP contribution in [0.3, 0.4) is 0 Å². The van der Waals surface area contributed by atoms with Crippen molar-refractivity contribution in [2.75, 3.05) is 13.1 Å². The van der Waals surface area contributed by atoms with E-state index < -0.39 is 0 Å². The van der Waals surface area contributed by atoms with Crippen molar-refractivity contribution in [2.24, 2.45) is 4.99 Å². The molecule has 3 heterocycles. The maximum absolute atomic E-state index is 8.57. The molecule has 0 bridgehead atoms. The van der Waals surface area contributed by atoms with Gasteiger partial charge in [-0.15, -0.1) is 0 Å². The van der Waals surface area contributed by atoms with Gasteiger partial charge in [0.25, 0.3) is 0 Å². The monoisotopic (exact) mass is 369 g/mol. The fourth-order valence-corrected chi connectivity index (χ4v) is 2.95. The topological polar surface area (TPSA) is 83.2 Å². The summed E-state index contributed by atoms with van der Waals surface area (Å²) in [5.74, 6) is 1.27. The van der Waals surface area contributed by atoms with Gasteiger partial charge in [0, 0.05) is 43.4 Å². The van der Waals surface area contributed by atoms with E-state index in [2.05, 4.69) is 26.3 Å². The highest BCUT2D eigenvalue weighted by atomic mass is 16.5. The first kappa shape index (κ1) is 17.8. The molecule has 6 heteroatoms. The number of allylic oxidation sites excluding steroid dienone is 1. The molecule has 0 saturated carbocycles. The van der Waals surface area contributed by atoms with Crippen molar-refractivity contribution in [1.82, 2.24) is 15.3 Å². The van der Waals surface area contributed by atoms with Gasteiger partial charge in [-0.3, -0.25) is 9.98 Å². The second kappa shape index (κ2) is 8.42. The number of nitriles is 1. The molecule has 1 aromatic carbocycles. The molecule has 0 unspecified atom stereocenters. The summed E-state index contributed by atoms with van der Waals surface area (Å²) in [4.78, 5) is 13.2. The number of pyridine rings is 2. The van der Waals surface area contributed by atoms with E-state index >= 15 is 0 Å². The van der Waals surface area contributed by atoms with Crippen LogP contribution in [-0.2, 0) is 6.54 Å². The van der Waals surface area contributed by atoms with E-state index in [9.17, 15) is 0 Å². The van der Waals surface area contributed by atoms with Crippen molar-refractivity contribution in [3.05, 3.63) is 66.0 Å². The molecule has 6 nitrogen and oxygen atoms in total. The molecule has 0 atom stereocenters. The zero-order valence-electron chi connectivity index (χ0n) is 15.3. The lowest BCUT2D eigenvalue weighted by atomic mass is 10.1. The molecule has 1 aliphatic heterocycles. The number of nitrogens with one attached hydrogen (secondary N) is 1. The van der Waals surface area contributed by atoms with Gasteiger partial charge < -0.3 is 10.1 Å². The lowest BCUT2D eigenvalue weighted by Gasteiger charge is -2.08. The van der Waals surface area contributed by atoms with Crippen LogP contribution >= 0.6 is 0 Å². The molecule has 3 aromatic rings. The molecule has 0 aliphatic carbocycles. The van der Waals surface area contributed by atoms with Gasteiger partial charge in [0.15, 0.2) is 0 Å². The number of hydrogen-bond acceptors (Lipinski definition) is 6. The number of hydrogen-bond donors (Lipinski definition) is 1. The van der Waals surface area contributed by atoms with Gasteiger partial charge in [-0.2, -0.15) is 5.26 Å². The predicted octanol–water partition coefficient (Wildman–Crippen LogP) is 3.89. The zero-order chi connectivity index (χ0) is 19.2. The van der Waals surface area contributed by atoms with Crippen LogP contribution in [0.15, 0.2) is 59.7 Å². The van der Waals surface area contributed by atoms with Crippen LogP contribution in [0.5, 0.6) is 11.6 Å². The highest BCUT2D eigenvalue weighted by Gasteiger charge is 2.06. The first-order chi connectivity index (χ1) is 13.8. The SMILES string of the molecule is N#CCCNCc1ccc2cc(Oc3ccc(C4=CC=NC4)cn3)ccc2n1. The number of benzene rings is 1. The maximum atomic E-state index is 8.57. The Bertz CT molecular complexity index is 1080. The second-order valence-electron chi connectivity index (χ2n) is 6.41. The van der Waals surface area contributed by atoms with Crippen LogP contribution in [0, 0.1) is 11.3 Å². The van der Waals surface area contributed by atoms with E-state index in [4.69, 9.17) is 10.00 Å². The Morgan fingerprint density at radius 2 is 2.11 bits per heavy atom. The molecule has 2 aromatic heterocycles. The van der Waals surface area contributed by atoms with Crippen LogP contribution in [0.1, 0.15) is 17.7 Å². The molecule has 0 fully saturated rings. The van der Waals surface area contributed by atoms with E-state index in [0.717, 1.165) is 33.5 Å². The summed E-state index contributed by atoms with van der Waals surface area (Å²) in [7, 11) is 0. The minimum Gasteiger partial charge on any atom is -0.439 e. The van der Waals surface area contributed by atoms with E-state index in [1.807, 2.05) is 61.0 Å². The molecule has 138 valence electrons. The van der Waals surface area contributed by atoms with Crippen molar-refractivity contribution < 1.29 is 4.74 Å². The van der Waals surface area contributed by atoms with Gasteiger partial charge in [-0.05, 0) is 47.5 Å². The maximum Gasteiger partial charge on any atom is 0.219 e. The minimum absolute atomic E-state index is 0.495. The average Bonchev–Trinajstić information content (AvgIpc) is 3.27. The van der Waals surface area contributed by atoms with Crippen molar-refractivity contribution in [2.45, 2.75) is 13.0 Å². The Morgan fingerprint density at radius 3 is 2.89 bits per heavy atom. The Kier molecular flexibility index (Phi) is 5.36. The fourth-order valence-electron chi connectivity index (χ4n) is 2.95. The third-order valence-electron chi connectivity index (χ3n) is 4.41. The average molecular weight is 369 g/mol. The molecule has 0 amide bonds. The van der Waals surface area contributed by atoms with Crippen molar-refractivity contribution in [1.29, 1.82) is 5.26 Å². The summed E-state index contributed by atoms with van der Waals surface area (Å²) < 4.78 is 5.89. The smallest absolute Gasteiger partial charge is 0.219 e. The molecular formula is C22H19N5O. The summed E-state index contributed by atoms with van der Waals surface area (Å²) in [6.45, 7) is 2.02. The number of aliphatic imine (C=N–C) groups is 1. The molecule has 1 aliphatic rings. The molecule has 0 spiro atoms. The highest BCUT2D eigenvalue weighted by Crippen LogP contribution is 2.25. The summed E-state index contributed by atoms with van der Waals surface area (Å²) in [5, 5.41) is 12.8. The Balaban J connectivity index is 1.43. The number of ether oxygens (including phenoxy) is 1. The third-order valence-corrected chi connectivity index (χ3v) is 4.41. The lowest BCUT2D eigenvalue weighted by Crippen LogP contribution is -2.15. The molecule has 4 rings (SSSR count). The number of aromatic nitrogens is 2. The summed E-state index contributed by atoms with van der Waals surface area (Å²) in [6, 6.07) is 15.8. The molecule has 0 radical (unpaired) electrons. The molecule has 1 N–H and O–H groups in total. The van der Waals surface area contributed by atoms with Gasteiger partial charge in [0.2, 0.25) is 5.88 Å². The molecular weight excluding hydrogens is 350 g/mol. The van der Waals surface area contributed by atoms with Gasteiger partial charge in [-0.1, -0.05) is 6.07 Å². The van der Waals surface area contributed by atoms with Gasteiger partial charge in [0.1, 0.15) is 5.75 Å². The van der Waals surface area contributed by atoms with E-state index in [1.165, 1.54) is 0 Å². The molecule has 0 saturated heterocycles. The standard InChI is InChI=1S/C22H19N5O/c23-9-1-10-24-15-19-4-2-16-12-20(5-6-21(16)27-19)28-22-7-3-17(14-26-22)18-8-11-25-13-18/h2-8,11-12,14,24H,1,10,13,15H2. The molecule has 28 heavy (non-hydrogen) atoms. The van der Waals surface area contributed by atoms with E-state index in [0.29, 0.717) is 31.9 Å². The van der Waals surface area contributed by atoms with Crippen molar-refractivity contribution in [3.63, 3.8) is 0 Å². The normalized spacial score (nSPS) is 12.8. The Hall–Kier alpha value is -3.56. The minimum atomic E-state index is 0.495. The van der Waals surface area contributed by atoms with Crippen LogP contribution in [0.2, 0.25) is 0 Å². The van der Waals surface area contributed by atoms with E-state index in [1.54, 1.807) is 0 Å². The van der Waals surface area contributed by atoms with Gasteiger partial charge >= 0.3 is 0 Å². The van der Waals surface area contributed by atoms with Gasteiger partial charge in [0.05, 0.1) is 23.8 Å². The lowest BCUT2D eigenvalue weighted by molar-refractivity contribution is 0.463. The quantitative estimate of drug-likeness (QED) is 0.639. The predicted molar refractivity (Wildman–Crippen MR) is 109 cm³/mol. The third kappa shape index (κ3) is 4.22. The number of fused-ring (bicyclic) bond motifs is 1. The zero-order valence-corrected chi connectivity index (χ0v) is 15.3. The number of rotatable bonds is 7. The van der Waals surface area contributed by atoms with Crippen LogP contribution in [0.4, 0.5) is 0 Å². The summed E-state index contributed by atoms with van der Waals surface area (Å²) in [5.41, 5.74) is 4.07. The van der Waals surface area contributed by atoms with Crippen LogP contribution in [-0.4, -0.2) is 29.3 Å². The largest absolute Gasteiger partial charge is 0.439 e. The Labute approximate surface area is 163 Å². The first-order valence-corrected chi connectivity index (χ1v) is 9.12. The van der Waals surface area contributed by atoms with Crippen molar-refractivity contribution in [3.8, 4) is 17.7 Å². The summed E-state index contributed by atoms with van der Waals surface area (Å²) in [6.07, 6.45) is 6.12. The first-order valence-electron chi connectivity index (χ1n) is 9.12. The van der Waals surface area contributed by atoms with Gasteiger partial charge in [-0.25, -0.2) is 4.98 Å². The van der Waals surface area contributed by atoms with E-state index in [-0.39, 0.29) is 0 Å². The highest BCUT2D eigenvalue weighted by molar-refractivity contribution is 5.89. The van der Waals surface area contributed by atoms with Crippen molar-refractivity contribution >= 4 is 22.7 Å². The second-order valence-corrected chi connectivity index (χ2v) is 6.41. The fraction of sp³-hybridized carbons (Fsp3) is 0.182. The summed E-state index contributed by atoms with van der Waals surface area (Å²) >= 11 is 0. The van der Waals surface area contributed by atoms with Crippen LogP contribution < -0.4 is 10.1 Å². The van der Waals surface area contributed by atoms with Crippen LogP contribution in [0.25, 0.3) is 16.5 Å².